The average Bonchev–Trinajstić information content (AvgIpc) is 1.25. The lowest BCUT2D eigenvalue weighted by Crippen LogP contribution is -2.29. The number of fused-ring (bicyclic) bond motifs is 4. The van der Waals surface area contributed by atoms with Gasteiger partial charge in [0, 0.05) is 38.9 Å². The van der Waals surface area contributed by atoms with E-state index in [0.717, 1.165) is 42.5 Å². The van der Waals surface area contributed by atoms with Gasteiger partial charge in [-0.2, -0.15) is 15.0 Å². The van der Waals surface area contributed by atoms with Gasteiger partial charge in [-0.15, -0.1) is 0 Å². The van der Waals surface area contributed by atoms with Crippen molar-refractivity contribution in [2.24, 2.45) is 0 Å². The van der Waals surface area contributed by atoms with E-state index in [1.807, 2.05) is 114 Å². The van der Waals surface area contributed by atoms with Crippen LogP contribution in [0.25, 0.3) is 100 Å². The average molecular weight is 1850 g/mol. The van der Waals surface area contributed by atoms with Gasteiger partial charge in [0.2, 0.25) is 35.1 Å². The third-order valence-corrected chi connectivity index (χ3v) is 23.2. The van der Waals surface area contributed by atoms with Gasteiger partial charge in [0.15, 0.2) is 0 Å². The van der Waals surface area contributed by atoms with Gasteiger partial charge in [0.1, 0.15) is 135 Å². The molecule has 0 radical (unpaired) electrons. The predicted molar refractivity (Wildman–Crippen MR) is 505 cm³/mol. The van der Waals surface area contributed by atoms with Crippen LogP contribution in [0.3, 0.4) is 0 Å². The lowest BCUT2D eigenvalue weighted by Gasteiger charge is -2.24. The lowest BCUT2D eigenvalue weighted by atomic mass is 10.1. The summed E-state index contributed by atoms with van der Waals surface area (Å²) in [4.78, 5) is 120. The summed E-state index contributed by atoms with van der Waals surface area (Å²) < 4.78 is 41.4. The molecule has 2 saturated carbocycles. The molecule has 12 heterocycles. The van der Waals surface area contributed by atoms with Crippen molar-refractivity contribution < 1.29 is 22.5 Å². The topological polar surface area (TPSA) is 538 Å². The molecule has 2 aliphatic carbocycles. The van der Waals surface area contributed by atoms with Crippen LogP contribution in [-0.2, 0) is 0 Å². The summed E-state index contributed by atoms with van der Waals surface area (Å²) >= 11 is 12.7. The molecule has 42 heteroatoms. The molecule has 0 unspecified atom stereocenters. The zero-order valence-electron chi connectivity index (χ0n) is 73.7. The molecule has 12 N–H and O–H groups in total. The van der Waals surface area contributed by atoms with Crippen molar-refractivity contribution in [2.75, 3.05) is 44.2 Å². The second kappa shape index (κ2) is 38.4. The fourth-order valence-corrected chi connectivity index (χ4v) is 16.3. The third-order valence-electron chi connectivity index (χ3n) is 22.6. The van der Waals surface area contributed by atoms with E-state index in [4.69, 9.17) is 84.2 Å². The number of benzene rings is 6. The van der Waals surface area contributed by atoms with E-state index in [1.165, 1.54) is 37.6 Å². The zero-order chi connectivity index (χ0) is 93.9. The molecular formula is C92H88Cl2FN31O8. The van der Waals surface area contributed by atoms with Gasteiger partial charge in [-0.25, -0.2) is 64.2 Å². The first-order valence-electron chi connectivity index (χ1n) is 43.0. The quantitative estimate of drug-likeness (QED) is 0.0278. The smallest absolute Gasteiger partial charge is 0.267 e. The molecule has 39 nitrogen and oxygen atoms in total. The van der Waals surface area contributed by atoms with Crippen LogP contribution in [0, 0.1) is 40.4 Å². The van der Waals surface area contributed by atoms with Gasteiger partial charge in [-0.05, 0) is 137 Å². The van der Waals surface area contributed by atoms with Crippen molar-refractivity contribution in [3.8, 4) is 56.8 Å². The first kappa shape index (κ1) is 89.7. The van der Waals surface area contributed by atoms with Gasteiger partial charge in [-0.3, -0.25) is 37.4 Å². The molecular weight excluding hydrogens is 1760 g/mol. The number of nitrogens with one attached hydrogen (secondary N) is 4. The number of aromatic nitrogens is 23. The highest BCUT2D eigenvalue weighted by molar-refractivity contribution is 6.35. The Morgan fingerprint density at radius 3 is 1.18 bits per heavy atom. The summed E-state index contributed by atoms with van der Waals surface area (Å²) in [6.45, 7) is 16.9. The van der Waals surface area contributed by atoms with Crippen molar-refractivity contribution in [1.29, 1.82) is 0 Å². The van der Waals surface area contributed by atoms with Gasteiger partial charge in [0.25, 0.3) is 22.2 Å². The van der Waals surface area contributed by atoms with Crippen LogP contribution in [0.2, 0.25) is 10.0 Å². The van der Waals surface area contributed by atoms with Crippen molar-refractivity contribution in [2.45, 2.75) is 150 Å². The van der Waals surface area contributed by atoms with E-state index < -0.39 is 23.9 Å². The van der Waals surface area contributed by atoms with Crippen LogP contribution < -0.4 is 66.4 Å². The molecule has 0 amide bonds. The zero-order valence-corrected chi connectivity index (χ0v) is 75.2. The summed E-state index contributed by atoms with van der Waals surface area (Å²) in [5, 5.41) is 31.6. The normalized spacial score (nSPS) is 13.3. The minimum Gasteiger partial charge on any atom is -0.383 e. The maximum absolute atomic E-state index is 14.4. The maximum Gasteiger partial charge on any atom is 0.267 e. The largest absolute Gasteiger partial charge is 0.383 e. The minimum atomic E-state index is -0.569. The molecule has 134 heavy (non-hydrogen) atoms. The number of anilines is 8. The first-order valence-corrected chi connectivity index (χ1v) is 43.7. The Morgan fingerprint density at radius 2 is 0.754 bits per heavy atom. The van der Waals surface area contributed by atoms with E-state index in [-0.39, 0.29) is 86.5 Å². The Morgan fingerprint density at radius 1 is 0.388 bits per heavy atom. The molecule has 20 rings (SSSR count). The van der Waals surface area contributed by atoms with E-state index >= 15 is 0 Å². The molecule has 0 spiro atoms. The van der Waals surface area contributed by atoms with E-state index in [2.05, 4.69) is 96.7 Å². The van der Waals surface area contributed by atoms with Crippen LogP contribution in [0.15, 0.2) is 202 Å². The van der Waals surface area contributed by atoms with Crippen LogP contribution in [0.4, 0.5) is 50.9 Å². The van der Waals surface area contributed by atoms with Gasteiger partial charge >= 0.3 is 0 Å². The highest BCUT2D eigenvalue weighted by Crippen LogP contribution is 2.43. The van der Waals surface area contributed by atoms with Crippen LogP contribution in [-0.4, -0.2) is 114 Å². The molecule has 6 aromatic carbocycles. The van der Waals surface area contributed by atoms with Crippen LogP contribution in [0.5, 0.6) is 0 Å². The van der Waals surface area contributed by atoms with Crippen molar-refractivity contribution in [1.82, 2.24) is 114 Å². The Bertz CT molecular complexity index is 7710. The molecule has 12 aromatic heterocycles. The monoisotopic (exact) mass is 1840 g/mol. The van der Waals surface area contributed by atoms with E-state index in [1.54, 1.807) is 93.6 Å². The van der Waals surface area contributed by atoms with E-state index in [9.17, 15) is 23.6 Å². The second-order valence-corrected chi connectivity index (χ2v) is 32.4. The molecule has 0 aliphatic heterocycles. The summed E-state index contributed by atoms with van der Waals surface area (Å²) in [7, 11) is 0. The minimum absolute atomic E-state index is 0.000322. The first-order chi connectivity index (χ1) is 64.9. The number of nitrogen functional groups attached to an aromatic ring is 4. The number of rotatable bonds is 24. The number of nitrogens with two attached hydrogens (primary N) is 4. The molecule has 0 saturated heterocycles. The number of halogens is 3. The maximum atomic E-state index is 14.4. The standard InChI is InChI=1S/C26H26N8O2.C24H21ClN8O2.C21H20ClN7O2.C21H21FN8O2/c1-5-17(31-23-21(22(27)28-13-29-23)24-30-16(4)36-33-24)25-32-18-11-8-10-15(3)20(18)26(35)34(25)19-12-7-6-9-14(19)2;1-3-16(30-21-19(20(26)27-12-28-21)22-29-13(2)35-32-22)23-31-17-11-7-10-15(25)18(17)24(34)33(23)14-8-5-4-6-9-14;1-2-13(26-19-17(15-8-9-31-28-15)18(23)24-10-25-19)20-27-14-5-3-4-12(22)16(14)21(30)29(20)11-6-7-11;1-3-13(27-18-16(17(23)24-9-25-18)19-26-10(2)32-29-19)20-28-14-6-4-5-12(22)15(14)21(31)30(20)11-7-8-11/h6-13,17H,5H2,1-4H3,(H3,27,28,29,31);4-12,16H,3H2,1-2H3,(H3,26,27,28,30);3-5,8-11,13H,2,6-7H2,1H3,(H3,23,24,25,26);4-6,9,11,13H,3,7-8H2,1-2H3,(H3,23,24,25,27)/t17-;16-;2*13-/m0000/s1. The molecule has 2 fully saturated rings. The fourth-order valence-electron chi connectivity index (χ4n) is 15.8. The van der Waals surface area contributed by atoms with E-state index in [0.29, 0.717) is 172 Å². The molecule has 0 bridgehead atoms. The van der Waals surface area contributed by atoms with Crippen molar-refractivity contribution >= 4 is 113 Å². The Kier molecular flexibility index (Phi) is 25.7. The lowest BCUT2D eigenvalue weighted by molar-refractivity contribution is 0.394. The molecule has 18 aromatic rings. The number of hydrogen-bond donors (Lipinski definition) is 8. The Hall–Kier alpha value is -16.3. The van der Waals surface area contributed by atoms with Crippen LogP contribution >= 0.6 is 23.2 Å². The third kappa shape index (κ3) is 18.0. The van der Waals surface area contributed by atoms with Gasteiger partial charge in [0.05, 0.1) is 89.4 Å². The highest BCUT2D eigenvalue weighted by atomic mass is 35.5. The fraction of sp³-hybridized carbons (Fsp3) is 0.250. The van der Waals surface area contributed by atoms with Gasteiger partial charge in [-0.1, -0.05) is 138 Å². The Labute approximate surface area is 770 Å². The predicted octanol–water partition coefficient (Wildman–Crippen LogP) is 15.8. The van der Waals surface area contributed by atoms with Gasteiger partial charge < -0.3 is 62.3 Å². The Balaban J connectivity index is 0.000000125. The summed E-state index contributed by atoms with van der Waals surface area (Å²) in [5.41, 5.74) is 31.3. The summed E-state index contributed by atoms with van der Waals surface area (Å²) in [6.07, 6.45) is 12.9. The number of para-hydroxylation sites is 2. The second-order valence-electron chi connectivity index (χ2n) is 31.6. The van der Waals surface area contributed by atoms with Crippen LogP contribution in [0.1, 0.15) is 167 Å². The van der Waals surface area contributed by atoms with Crippen molar-refractivity contribution in [3.05, 3.63) is 274 Å². The summed E-state index contributed by atoms with van der Waals surface area (Å²) in [5.74, 6) is 6.16. The number of aryl methyl sites for hydroxylation is 5. The molecule has 680 valence electrons. The molecule has 4 atom stereocenters. The number of nitrogens with zero attached hydrogens (tertiary/aromatic N) is 23. The highest BCUT2D eigenvalue weighted by Gasteiger charge is 2.36. The SMILES string of the molecule is CC[C@H](Nc1ncnc(N)c1-c1ccon1)c1nc2cccc(Cl)c2c(=O)n1C1CC1.CC[C@H](Nc1ncnc(N)c1-c1noc(C)n1)c1nc2cccc(C)c2c(=O)n1-c1ccccc1C.CC[C@H](Nc1ncnc(N)c1-c1noc(C)n1)c1nc2cccc(Cl)c2c(=O)n1-c1ccccc1.CC[C@H](Nc1ncnc(N)c1-c1noc(C)n1)c1nc2cccc(F)c2c(=O)n1C1CC1. The summed E-state index contributed by atoms with van der Waals surface area (Å²) in [6, 6.07) is 38.0. The molecule has 2 aliphatic rings. The number of hydrogen-bond acceptors (Lipinski definition) is 35. The van der Waals surface area contributed by atoms with Crippen molar-refractivity contribution in [3.63, 3.8) is 0 Å².